The van der Waals surface area contributed by atoms with Gasteiger partial charge in [0.1, 0.15) is 5.75 Å². The molecular weight excluding hydrogens is 533 g/mol. The van der Waals surface area contributed by atoms with Crippen LogP contribution in [0.1, 0.15) is 34.6 Å². The molecule has 1 atom stereocenters. The molecule has 210 valence electrons. The van der Waals surface area contributed by atoms with Gasteiger partial charge in [-0.1, -0.05) is 115 Å². The minimum Gasteiger partial charge on any atom is -0.494 e. The summed E-state index contributed by atoms with van der Waals surface area (Å²) in [4.78, 5) is -1.36. The summed E-state index contributed by atoms with van der Waals surface area (Å²) in [6, 6.07) is 34.6. The molecule has 1 unspecified atom stereocenters. The number of halogens is 4. The maximum atomic E-state index is 15.0. The molecule has 0 amide bonds. The number of hydrogen-bond donors (Lipinski definition) is 1. The maximum absolute atomic E-state index is 15.0. The number of hydrogen-bond acceptors (Lipinski definition) is 3. The van der Waals surface area contributed by atoms with Crippen molar-refractivity contribution in [2.45, 2.75) is 30.1 Å². The quantitative estimate of drug-likeness (QED) is 0.101. The Hall–Kier alpha value is -3.32. The van der Waals surface area contributed by atoms with Gasteiger partial charge in [0.25, 0.3) is 0 Å². The zero-order valence-electron chi connectivity index (χ0n) is 22.4. The lowest BCUT2D eigenvalue weighted by molar-refractivity contribution is -0.206. The summed E-state index contributed by atoms with van der Waals surface area (Å²) in [5, 5.41) is 3.10. The SMILES string of the molecule is CNCc1cccc(OCCCN(CC(c2ccccc2)c2ccccc2)C(Cl)(c2ccccc2)C(F)(F)F)c1. The molecule has 0 aliphatic rings. The van der Waals surface area contributed by atoms with Gasteiger partial charge in [-0.3, -0.25) is 4.90 Å². The van der Waals surface area contributed by atoms with Crippen LogP contribution >= 0.6 is 11.6 Å². The Bertz CT molecular complexity index is 1270. The number of nitrogens with one attached hydrogen (secondary N) is 1. The Kier molecular flexibility index (Phi) is 10.3. The number of ether oxygens (including phenoxy) is 1. The minimum atomic E-state index is -4.74. The van der Waals surface area contributed by atoms with Gasteiger partial charge in [0, 0.05) is 25.6 Å². The second-order valence-electron chi connectivity index (χ2n) is 9.69. The molecular formula is C33H34ClF3N2O. The third-order valence-electron chi connectivity index (χ3n) is 6.90. The molecule has 0 fully saturated rings. The van der Waals surface area contributed by atoms with Gasteiger partial charge in [0.2, 0.25) is 5.00 Å². The lowest BCUT2D eigenvalue weighted by Gasteiger charge is -2.42. The fourth-order valence-electron chi connectivity index (χ4n) is 4.94. The van der Waals surface area contributed by atoms with Crippen molar-refractivity contribution in [3.05, 3.63) is 138 Å². The van der Waals surface area contributed by atoms with Crippen molar-refractivity contribution >= 4 is 11.6 Å². The van der Waals surface area contributed by atoms with Gasteiger partial charge in [-0.25, -0.2) is 0 Å². The van der Waals surface area contributed by atoms with Crippen molar-refractivity contribution in [2.75, 3.05) is 26.7 Å². The molecule has 7 heteroatoms. The lowest BCUT2D eigenvalue weighted by atomic mass is 9.89. The largest absolute Gasteiger partial charge is 0.494 e. The van der Waals surface area contributed by atoms with Crippen molar-refractivity contribution in [1.29, 1.82) is 0 Å². The van der Waals surface area contributed by atoms with E-state index in [1.807, 2.05) is 92.0 Å². The second-order valence-corrected chi connectivity index (χ2v) is 10.2. The minimum absolute atomic E-state index is 0.00951. The first-order valence-electron chi connectivity index (χ1n) is 13.4. The molecule has 0 spiro atoms. The van der Waals surface area contributed by atoms with Crippen LogP contribution in [0.3, 0.4) is 0 Å². The van der Waals surface area contributed by atoms with Crippen LogP contribution in [0.5, 0.6) is 5.75 Å². The maximum Gasteiger partial charge on any atom is 0.425 e. The second kappa shape index (κ2) is 13.8. The fraction of sp³-hybridized carbons (Fsp3) is 0.273. The molecule has 0 saturated carbocycles. The van der Waals surface area contributed by atoms with Crippen LogP contribution in [0.25, 0.3) is 0 Å². The molecule has 4 aromatic rings. The first kappa shape index (κ1) is 29.7. The highest BCUT2D eigenvalue weighted by Crippen LogP contribution is 2.48. The van der Waals surface area contributed by atoms with Crippen molar-refractivity contribution in [1.82, 2.24) is 10.2 Å². The third kappa shape index (κ3) is 7.25. The van der Waals surface area contributed by atoms with Gasteiger partial charge in [-0.15, -0.1) is 0 Å². The van der Waals surface area contributed by atoms with E-state index in [0.717, 1.165) is 16.7 Å². The van der Waals surface area contributed by atoms with Crippen molar-refractivity contribution in [3.63, 3.8) is 0 Å². The van der Waals surface area contributed by atoms with Crippen LogP contribution in [0, 0.1) is 0 Å². The number of alkyl halides is 4. The van der Waals surface area contributed by atoms with Crippen molar-refractivity contribution in [2.24, 2.45) is 0 Å². The van der Waals surface area contributed by atoms with Crippen molar-refractivity contribution in [3.8, 4) is 5.75 Å². The topological polar surface area (TPSA) is 24.5 Å². The van der Waals surface area contributed by atoms with Crippen LogP contribution in [-0.4, -0.2) is 37.8 Å². The van der Waals surface area contributed by atoms with Gasteiger partial charge in [-0.2, -0.15) is 13.2 Å². The van der Waals surface area contributed by atoms with Crippen LogP contribution in [0.2, 0.25) is 0 Å². The summed E-state index contributed by atoms with van der Waals surface area (Å²) in [5.74, 6) is 0.354. The van der Waals surface area contributed by atoms with E-state index in [9.17, 15) is 13.2 Å². The van der Waals surface area contributed by atoms with Crippen molar-refractivity contribution < 1.29 is 17.9 Å². The standard InChI is InChI=1S/C33H34ClF3N2O/c1-38-24-26-13-11-20-30(23-26)40-22-12-21-39(32(34,33(35,36)37)29-18-9-4-10-19-29)25-31(27-14-5-2-6-15-27)28-16-7-3-8-17-28/h2-11,13-20,23,31,38H,12,21-22,24-25H2,1H3. The Labute approximate surface area is 239 Å². The van der Waals surface area contributed by atoms with E-state index in [2.05, 4.69) is 5.32 Å². The van der Waals surface area contributed by atoms with Gasteiger partial charge in [0.05, 0.1) is 6.61 Å². The monoisotopic (exact) mass is 566 g/mol. The van der Waals surface area contributed by atoms with Gasteiger partial charge >= 0.3 is 6.18 Å². The third-order valence-corrected chi connectivity index (χ3v) is 7.57. The molecule has 0 aliphatic heterocycles. The van der Waals surface area contributed by atoms with Crippen LogP contribution in [0.4, 0.5) is 13.2 Å². The molecule has 0 heterocycles. The number of nitrogens with zero attached hydrogens (tertiary/aromatic N) is 1. The predicted octanol–water partition coefficient (Wildman–Crippen LogP) is 7.96. The molecule has 4 rings (SSSR count). The van der Waals surface area contributed by atoms with E-state index in [0.29, 0.717) is 18.7 Å². The van der Waals surface area contributed by atoms with E-state index in [4.69, 9.17) is 16.3 Å². The molecule has 0 radical (unpaired) electrons. The molecule has 0 aromatic heterocycles. The summed E-state index contributed by atoms with van der Waals surface area (Å²) in [5.41, 5.74) is 2.90. The summed E-state index contributed by atoms with van der Waals surface area (Å²) >= 11 is 6.73. The van der Waals surface area contributed by atoms with E-state index < -0.39 is 11.2 Å². The van der Waals surface area contributed by atoms with Crippen LogP contribution in [-0.2, 0) is 11.5 Å². The first-order valence-corrected chi connectivity index (χ1v) is 13.7. The summed E-state index contributed by atoms with van der Waals surface area (Å²) in [6.45, 7) is 1.08. The van der Waals surface area contributed by atoms with E-state index >= 15 is 0 Å². The smallest absolute Gasteiger partial charge is 0.425 e. The zero-order chi connectivity index (χ0) is 28.4. The van der Waals surface area contributed by atoms with E-state index in [-0.39, 0.29) is 31.2 Å². The number of benzene rings is 4. The molecule has 1 N–H and O–H groups in total. The Morgan fingerprint density at radius 3 is 1.93 bits per heavy atom. The van der Waals surface area contributed by atoms with Crippen LogP contribution < -0.4 is 10.1 Å². The lowest BCUT2D eigenvalue weighted by Crippen LogP contribution is -2.54. The molecule has 4 aromatic carbocycles. The molecule has 0 bridgehead atoms. The highest BCUT2D eigenvalue weighted by atomic mass is 35.5. The Balaban J connectivity index is 1.65. The molecule has 3 nitrogen and oxygen atoms in total. The van der Waals surface area contributed by atoms with Gasteiger partial charge in [-0.05, 0) is 47.9 Å². The highest BCUT2D eigenvalue weighted by molar-refractivity contribution is 6.24. The summed E-state index contributed by atoms with van der Waals surface area (Å²) in [6.07, 6.45) is -4.39. The predicted molar refractivity (Wildman–Crippen MR) is 156 cm³/mol. The number of rotatable bonds is 13. The van der Waals surface area contributed by atoms with Gasteiger partial charge in [0.15, 0.2) is 0 Å². The first-order chi connectivity index (χ1) is 19.3. The zero-order valence-corrected chi connectivity index (χ0v) is 23.2. The normalized spacial score (nSPS) is 13.4. The van der Waals surface area contributed by atoms with E-state index in [1.54, 1.807) is 18.2 Å². The molecule has 40 heavy (non-hydrogen) atoms. The van der Waals surface area contributed by atoms with E-state index in [1.165, 1.54) is 17.0 Å². The van der Waals surface area contributed by atoms with Crippen LogP contribution in [0.15, 0.2) is 115 Å². The Morgan fingerprint density at radius 1 is 0.800 bits per heavy atom. The Morgan fingerprint density at radius 2 is 1.38 bits per heavy atom. The summed E-state index contributed by atoms with van der Waals surface area (Å²) < 4.78 is 50.9. The van der Waals surface area contributed by atoms with Gasteiger partial charge < -0.3 is 10.1 Å². The molecule has 0 saturated heterocycles. The molecule has 0 aliphatic carbocycles. The average Bonchev–Trinajstić information content (AvgIpc) is 2.97. The summed E-state index contributed by atoms with van der Waals surface area (Å²) in [7, 11) is 1.87. The average molecular weight is 567 g/mol. The highest BCUT2D eigenvalue weighted by Gasteiger charge is 2.59. The fourth-order valence-corrected chi connectivity index (χ4v) is 5.22.